The molecular weight excluding hydrogens is 164 g/mol. The number of aliphatic imine (C=N–C) groups is 1. The van der Waals surface area contributed by atoms with Gasteiger partial charge in [-0.2, -0.15) is 0 Å². The summed E-state index contributed by atoms with van der Waals surface area (Å²) in [6.07, 6.45) is 7.14. The third kappa shape index (κ3) is 3.23. The number of nitrogens with zero attached hydrogens (tertiary/aromatic N) is 1. The highest BCUT2D eigenvalue weighted by atomic mass is 16.2. The fourth-order valence-corrected chi connectivity index (χ4v) is 0.905. The van der Waals surface area contributed by atoms with Crippen LogP contribution in [0.5, 0.6) is 0 Å². The molecule has 0 heterocycles. The number of amides is 1. The monoisotopic (exact) mass is 178 g/mol. The third-order valence-electron chi connectivity index (χ3n) is 1.83. The summed E-state index contributed by atoms with van der Waals surface area (Å²) < 4.78 is 0. The normalized spacial score (nSPS) is 17.5. The highest BCUT2D eigenvalue weighted by Gasteiger charge is 2.29. The van der Waals surface area contributed by atoms with Gasteiger partial charge in [-0.3, -0.25) is 9.79 Å². The Bertz CT molecular complexity index is 262. The maximum atomic E-state index is 11.3. The van der Waals surface area contributed by atoms with E-state index in [1.807, 2.05) is 0 Å². The highest BCUT2D eigenvalue weighted by Crippen LogP contribution is 2.28. The molecule has 1 saturated carbocycles. The van der Waals surface area contributed by atoms with E-state index in [-0.39, 0.29) is 11.8 Å². The first-order chi connectivity index (χ1) is 6.27. The predicted molar refractivity (Wildman–Crippen MR) is 53.6 cm³/mol. The molecule has 1 rings (SSSR count). The van der Waals surface area contributed by atoms with Gasteiger partial charge in [-0.1, -0.05) is 18.7 Å². The Hall–Kier alpha value is -1.38. The molecule has 0 aliphatic heterocycles. The van der Waals surface area contributed by atoms with Gasteiger partial charge >= 0.3 is 0 Å². The molecule has 1 amide bonds. The van der Waals surface area contributed by atoms with Crippen LogP contribution in [0.2, 0.25) is 0 Å². The van der Waals surface area contributed by atoms with Gasteiger partial charge in [0.25, 0.3) is 0 Å². The summed E-state index contributed by atoms with van der Waals surface area (Å²) in [4.78, 5) is 15.2. The number of hydrogen-bond donors (Lipinski definition) is 1. The Labute approximate surface area is 78.2 Å². The zero-order valence-corrected chi connectivity index (χ0v) is 7.79. The maximum Gasteiger partial charge on any atom is 0.228 e. The van der Waals surface area contributed by atoms with Crippen molar-refractivity contribution >= 4 is 11.7 Å². The van der Waals surface area contributed by atoms with Crippen LogP contribution in [0.3, 0.4) is 0 Å². The fraction of sp³-hybridized carbons (Fsp3) is 0.400. The second-order valence-electron chi connectivity index (χ2n) is 2.97. The molecule has 0 radical (unpaired) electrons. The molecule has 0 unspecified atom stereocenters. The number of hydrogen-bond acceptors (Lipinski definition) is 2. The maximum absolute atomic E-state index is 11.3. The molecule has 0 saturated heterocycles. The van der Waals surface area contributed by atoms with Crippen LogP contribution in [0.1, 0.15) is 12.8 Å². The van der Waals surface area contributed by atoms with E-state index < -0.39 is 0 Å². The van der Waals surface area contributed by atoms with Gasteiger partial charge in [0, 0.05) is 13.0 Å². The second kappa shape index (κ2) is 4.60. The SMILES string of the molecule is C=C/C=C\C(=NC)NC(=O)C1CC1. The van der Waals surface area contributed by atoms with Crippen LogP contribution in [-0.4, -0.2) is 18.8 Å². The van der Waals surface area contributed by atoms with Crippen LogP contribution in [0.4, 0.5) is 0 Å². The van der Waals surface area contributed by atoms with Gasteiger partial charge in [0.05, 0.1) is 0 Å². The highest BCUT2D eigenvalue weighted by molar-refractivity contribution is 6.05. The first-order valence-corrected chi connectivity index (χ1v) is 4.34. The molecular formula is C10H14N2O. The van der Waals surface area contributed by atoms with Crippen molar-refractivity contribution in [2.45, 2.75) is 12.8 Å². The molecule has 1 fully saturated rings. The van der Waals surface area contributed by atoms with Crippen molar-refractivity contribution < 1.29 is 4.79 Å². The Morgan fingerprint density at radius 3 is 2.77 bits per heavy atom. The molecule has 0 aromatic carbocycles. The van der Waals surface area contributed by atoms with E-state index in [1.54, 1.807) is 25.3 Å². The zero-order valence-electron chi connectivity index (χ0n) is 7.79. The van der Waals surface area contributed by atoms with Gasteiger partial charge in [0.15, 0.2) is 0 Å². The van der Waals surface area contributed by atoms with Gasteiger partial charge in [-0.25, -0.2) is 0 Å². The van der Waals surface area contributed by atoms with E-state index in [2.05, 4.69) is 16.9 Å². The fourth-order valence-electron chi connectivity index (χ4n) is 0.905. The summed E-state index contributed by atoms with van der Waals surface area (Å²) >= 11 is 0. The number of carbonyl (C=O) groups is 1. The van der Waals surface area contributed by atoms with Crippen LogP contribution in [0.15, 0.2) is 29.8 Å². The summed E-state index contributed by atoms with van der Waals surface area (Å²) in [5, 5.41) is 2.74. The van der Waals surface area contributed by atoms with E-state index in [0.717, 1.165) is 12.8 Å². The van der Waals surface area contributed by atoms with Crippen LogP contribution in [0.25, 0.3) is 0 Å². The topological polar surface area (TPSA) is 41.5 Å². The number of nitrogens with one attached hydrogen (secondary N) is 1. The van der Waals surface area contributed by atoms with Gasteiger partial charge in [-0.15, -0.1) is 0 Å². The quantitative estimate of drug-likeness (QED) is 0.395. The first kappa shape index (κ1) is 9.71. The Kier molecular flexibility index (Phi) is 3.43. The molecule has 3 nitrogen and oxygen atoms in total. The lowest BCUT2D eigenvalue weighted by molar-refractivity contribution is -0.120. The lowest BCUT2D eigenvalue weighted by Crippen LogP contribution is -2.30. The minimum absolute atomic E-state index is 0.0781. The summed E-state index contributed by atoms with van der Waals surface area (Å²) in [6, 6.07) is 0. The van der Waals surface area contributed by atoms with Crippen molar-refractivity contribution in [1.29, 1.82) is 0 Å². The lowest BCUT2D eigenvalue weighted by Gasteiger charge is -2.01. The van der Waals surface area contributed by atoms with Crippen LogP contribution in [0, 0.1) is 5.92 Å². The molecule has 0 bridgehead atoms. The average molecular weight is 178 g/mol. The largest absolute Gasteiger partial charge is 0.311 e. The Morgan fingerprint density at radius 1 is 1.62 bits per heavy atom. The summed E-state index contributed by atoms with van der Waals surface area (Å²) in [7, 11) is 1.65. The summed E-state index contributed by atoms with van der Waals surface area (Å²) in [6.45, 7) is 3.54. The molecule has 1 aliphatic rings. The van der Waals surface area contributed by atoms with Crippen LogP contribution in [-0.2, 0) is 4.79 Å². The number of amidine groups is 1. The van der Waals surface area contributed by atoms with Crippen molar-refractivity contribution in [2.24, 2.45) is 10.9 Å². The van der Waals surface area contributed by atoms with Gasteiger partial charge in [-0.05, 0) is 18.9 Å². The molecule has 13 heavy (non-hydrogen) atoms. The number of allylic oxidation sites excluding steroid dienone is 2. The molecule has 1 aliphatic carbocycles. The Morgan fingerprint density at radius 2 is 2.31 bits per heavy atom. The van der Waals surface area contributed by atoms with Crippen molar-refractivity contribution in [2.75, 3.05) is 7.05 Å². The van der Waals surface area contributed by atoms with Gasteiger partial charge < -0.3 is 5.32 Å². The van der Waals surface area contributed by atoms with Gasteiger partial charge in [0.1, 0.15) is 5.84 Å². The van der Waals surface area contributed by atoms with E-state index in [9.17, 15) is 4.79 Å². The molecule has 0 aromatic heterocycles. The lowest BCUT2D eigenvalue weighted by atomic mass is 10.3. The molecule has 70 valence electrons. The van der Waals surface area contributed by atoms with Crippen molar-refractivity contribution in [3.05, 3.63) is 24.8 Å². The smallest absolute Gasteiger partial charge is 0.228 e. The number of rotatable bonds is 3. The molecule has 1 N–H and O–H groups in total. The standard InChI is InChI=1S/C10H14N2O/c1-3-4-5-9(11-2)12-10(13)8-6-7-8/h3-5,8H,1,6-7H2,2H3,(H,11,12,13)/b5-4-. The van der Waals surface area contributed by atoms with Crippen molar-refractivity contribution in [3.63, 3.8) is 0 Å². The van der Waals surface area contributed by atoms with E-state index in [0.29, 0.717) is 5.84 Å². The minimum Gasteiger partial charge on any atom is -0.311 e. The van der Waals surface area contributed by atoms with E-state index in [1.165, 1.54) is 0 Å². The summed E-state index contributed by atoms with van der Waals surface area (Å²) in [5.74, 6) is 0.889. The van der Waals surface area contributed by atoms with Crippen molar-refractivity contribution in [1.82, 2.24) is 5.32 Å². The molecule has 0 aromatic rings. The zero-order chi connectivity index (χ0) is 9.68. The number of carbonyl (C=O) groups excluding carboxylic acids is 1. The predicted octanol–water partition coefficient (Wildman–Crippen LogP) is 1.28. The summed E-state index contributed by atoms with van der Waals surface area (Å²) in [5.41, 5.74) is 0. The molecule has 0 spiro atoms. The van der Waals surface area contributed by atoms with Crippen LogP contribution < -0.4 is 5.32 Å². The van der Waals surface area contributed by atoms with Gasteiger partial charge in [0.2, 0.25) is 5.91 Å². The van der Waals surface area contributed by atoms with Crippen molar-refractivity contribution in [3.8, 4) is 0 Å². The molecule has 3 heteroatoms. The first-order valence-electron chi connectivity index (χ1n) is 4.34. The minimum atomic E-state index is 0.0781. The van der Waals surface area contributed by atoms with E-state index >= 15 is 0 Å². The third-order valence-corrected chi connectivity index (χ3v) is 1.83. The molecule has 0 atom stereocenters. The average Bonchev–Trinajstić information content (AvgIpc) is 2.94. The Balaban J connectivity index is 2.43. The van der Waals surface area contributed by atoms with Crippen LogP contribution >= 0.6 is 0 Å². The second-order valence-corrected chi connectivity index (χ2v) is 2.97. The van der Waals surface area contributed by atoms with E-state index in [4.69, 9.17) is 0 Å².